The molecule has 0 aliphatic heterocycles. The van der Waals surface area contributed by atoms with E-state index < -0.39 is 0 Å². The van der Waals surface area contributed by atoms with E-state index in [1.165, 1.54) is 0 Å². The van der Waals surface area contributed by atoms with Gasteiger partial charge in [-0.2, -0.15) is 0 Å². The fraction of sp³-hybridized carbons (Fsp3) is 1.00. The van der Waals surface area contributed by atoms with Crippen molar-refractivity contribution in [3.05, 3.63) is 0 Å². The normalized spacial score (nSPS) is 16.2. The molecule has 0 rings (SSSR count). The van der Waals surface area contributed by atoms with E-state index in [1.54, 1.807) is 0 Å². The summed E-state index contributed by atoms with van der Waals surface area (Å²) in [5.41, 5.74) is 0. The number of hydrogen-bond donors (Lipinski definition) is 1. The van der Waals surface area contributed by atoms with Gasteiger partial charge in [-0.3, -0.25) is 0 Å². The van der Waals surface area contributed by atoms with Gasteiger partial charge in [-0.1, -0.05) is 20.8 Å². The van der Waals surface area contributed by atoms with Crippen molar-refractivity contribution in [3.63, 3.8) is 0 Å². The Balaban J connectivity index is 3.58. The number of aliphatic hydroxyl groups is 1. The number of ether oxygens (including phenoxy) is 1. The van der Waals surface area contributed by atoms with E-state index in [1.807, 2.05) is 6.92 Å². The molecule has 0 heterocycles. The number of rotatable bonds is 7. The highest BCUT2D eigenvalue weighted by atomic mass is 16.5. The van der Waals surface area contributed by atoms with Crippen LogP contribution in [0.5, 0.6) is 0 Å². The van der Waals surface area contributed by atoms with Crippen LogP contribution in [-0.2, 0) is 4.74 Å². The van der Waals surface area contributed by atoms with Gasteiger partial charge in [-0.15, -0.1) is 0 Å². The Morgan fingerprint density at radius 1 is 1.15 bits per heavy atom. The van der Waals surface area contributed by atoms with E-state index in [9.17, 15) is 5.11 Å². The van der Waals surface area contributed by atoms with Crippen molar-refractivity contribution in [2.45, 2.75) is 46.6 Å². The third-order valence-corrected chi connectivity index (χ3v) is 2.42. The molecule has 0 amide bonds. The van der Waals surface area contributed by atoms with Crippen molar-refractivity contribution >= 4 is 0 Å². The van der Waals surface area contributed by atoms with Crippen LogP contribution in [0.25, 0.3) is 0 Å². The van der Waals surface area contributed by atoms with Crippen molar-refractivity contribution in [2.75, 3.05) is 13.2 Å². The molecular weight excluding hydrogens is 164 g/mol. The summed E-state index contributed by atoms with van der Waals surface area (Å²) in [6.07, 6.45) is 1.82. The van der Waals surface area contributed by atoms with Crippen LogP contribution in [0, 0.1) is 11.8 Å². The van der Waals surface area contributed by atoms with Crippen LogP contribution >= 0.6 is 0 Å². The molecule has 2 unspecified atom stereocenters. The predicted octanol–water partition coefficient (Wildman–Crippen LogP) is 2.46. The smallest absolute Gasteiger partial charge is 0.0543 e. The van der Waals surface area contributed by atoms with Crippen molar-refractivity contribution in [2.24, 2.45) is 11.8 Å². The summed E-state index contributed by atoms with van der Waals surface area (Å²) < 4.78 is 5.40. The van der Waals surface area contributed by atoms with Gasteiger partial charge in [0.05, 0.1) is 6.10 Å². The molecule has 0 aromatic heterocycles. The van der Waals surface area contributed by atoms with Gasteiger partial charge in [-0.05, 0) is 31.6 Å². The standard InChI is InChI=1S/C11H24O2/c1-5-7-13-8-6-11(9(2)3)10(4)12/h9-12H,5-8H2,1-4H3. The summed E-state index contributed by atoms with van der Waals surface area (Å²) in [6.45, 7) is 9.89. The molecule has 1 N–H and O–H groups in total. The second kappa shape index (κ2) is 7.34. The topological polar surface area (TPSA) is 29.5 Å². The maximum absolute atomic E-state index is 9.48. The molecule has 0 radical (unpaired) electrons. The highest BCUT2D eigenvalue weighted by Gasteiger charge is 2.18. The second-order valence-corrected chi connectivity index (χ2v) is 4.05. The van der Waals surface area contributed by atoms with Gasteiger partial charge in [0.2, 0.25) is 0 Å². The van der Waals surface area contributed by atoms with E-state index in [2.05, 4.69) is 20.8 Å². The van der Waals surface area contributed by atoms with Gasteiger partial charge in [0, 0.05) is 13.2 Å². The Kier molecular flexibility index (Phi) is 7.29. The maximum Gasteiger partial charge on any atom is 0.0543 e. The van der Waals surface area contributed by atoms with E-state index in [0.717, 1.165) is 26.1 Å². The Labute approximate surface area is 82.3 Å². The fourth-order valence-electron chi connectivity index (χ4n) is 1.60. The molecule has 2 heteroatoms. The van der Waals surface area contributed by atoms with Crippen LogP contribution in [0.2, 0.25) is 0 Å². The average Bonchev–Trinajstić information content (AvgIpc) is 2.02. The fourth-order valence-corrected chi connectivity index (χ4v) is 1.60. The zero-order valence-electron chi connectivity index (χ0n) is 9.42. The van der Waals surface area contributed by atoms with Gasteiger partial charge in [-0.25, -0.2) is 0 Å². The van der Waals surface area contributed by atoms with Crippen LogP contribution in [0.15, 0.2) is 0 Å². The lowest BCUT2D eigenvalue weighted by molar-refractivity contribution is 0.0552. The lowest BCUT2D eigenvalue weighted by Gasteiger charge is -2.23. The first-order valence-electron chi connectivity index (χ1n) is 5.35. The minimum atomic E-state index is -0.217. The summed E-state index contributed by atoms with van der Waals surface area (Å²) in [7, 11) is 0. The molecule has 0 fully saturated rings. The Morgan fingerprint density at radius 2 is 1.77 bits per heavy atom. The summed E-state index contributed by atoms with van der Waals surface area (Å²) in [6, 6.07) is 0. The molecule has 2 nitrogen and oxygen atoms in total. The van der Waals surface area contributed by atoms with Crippen molar-refractivity contribution < 1.29 is 9.84 Å². The van der Waals surface area contributed by atoms with Crippen LogP contribution in [-0.4, -0.2) is 24.4 Å². The molecule has 0 aliphatic rings. The number of hydrogen-bond acceptors (Lipinski definition) is 2. The zero-order valence-corrected chi connectivity index (χ0v) is 9.42. The molecule has 80 valence electrons. The molecular formula is C11H24O2. The Bertz CT molecular complexity index is 103. The van der Waals surface area contributed by atoms with Crippen LogP contribution in [0.4, 0.5) is 0 Å². The lowest BCUT2D eigenvalue weighted by atomic mass is 9.88. The predicted molar refractivity (Wildman–Crippen MR) is 55.7 cm³/mol. The highest BCUT2D eigenvalue weighted by molar-refractivity contribution is 4.68. The first-order chi connectivity index (χ1) is 6.09. The minimum absolute atomic E-state index is 0.217. The zero-order chi connectivity index (χ0) is 10.3. The number of aliphatic hydroxyl groups excluding tert-OH is 1. The summed E-state index contributed by atoms with van der Waals surface area (Å²) in [4.78, 5) is 0. The quantitative estimate of drug-likeness (QED) is 0.622. The third kappa shape index (κ3) is 6.05. The minimum Gasteiger partial charge on any atom is -0.393 e. The Hall–Kier alpha value is -0.0800. The molecule has 0 aromatic carbocycles. The maximum atomic E-state index is 9.48. The summed E-state index contributed by atoms with van der Waals surface area (Å²) in [5.74, 6) is 0.905. The average molecular weight is 188 g/mol. The van der Waals surface area contributed by atoms with Gasteiger partial charge in [0.25, 0.3) is 0 Å². The van der Waals surface area contributed by atoms with E-state index in [-0.39, 0.29) is 6.10 Å². The van der Waals surface area contributed by atoms with Gasteiger partial charge >= 0.3 is 0 Å². The molecule has 0 saturated heterocycles. The lowest BCUT2D eigenvalue weighted by Crippen LogP contribution is -2.23. The first-order valence-corrected chi connectivity index (χ1v) is 5.35. The third-order valence-electron chi connectivity index (χ3n) is 2.42. The first kappa shape index (κ1) is 12.9. The summed E-state index contributed by atoms with van der Waals surface area (Å²) >= 11 is 0. The van der Waals surface area contributed by atoms with Gasteiger partial charge in [0.1, 0.15) is 0 Å². The second-order valence-electron chi connectivity index (χ2n) is 4.05. The molecule has 0 aromatic rings. The largest absolute Gasteiger partial charge is 0.393 e. The molecule has 0 spiro atoms. The van der Waals surface area contributed by atoms with E-state index in [0.29, 0.717) is 11.8 Å². The SMILES string of the molecule is CCCOCCC(C(C)C)C(C)O. The molecule has 13 heavy (non-hydrogen) atoms. The van der Waals surface area contributed by atoms with Crippen molar-refractivity contribution in [1.29, 1.82) is 0 Å². The van der Waals surface area contributed by atoms with Crippen LogP contribution in [0.1, 0.15) is 40.5 Å². The van der Waals surface area contributed by atoms with Crippen molar-refractivity contribution in [3.8, 4) is 0 Å². The van der Waals surface area contributed by atoms with E-state index in [4.69, 9.17) is 4.74 Å². The monoisotopic (exact) mass is 188 g/mol. The van der Waals surface area contributed by atoms with Gasteiger partial charge in [0.15, 0.2) is 0 Å². The van der Waals surface area contributed by atoms with Crippen molar-refractivity contribution in [1.82, 2.24) is 0 Å². The molecule has 2 atom stereocenters. The molecule has 0 aliphatic carbocycles. The van der Waals surface area contributed by atoms with Gasteiger partial charge < -0.3 is 9.84 Å². The Morgan fingerprint density at radius 3 is 2.15 bits per heavy atom. The molecule has 0 bridgehead atoms. The van der Waals surface area contributed by atoms with Crippen LogP contribution < -0.4 is 0 Å². The summed E-state index contributed by atoms with van der Waals surface area (Å²) in [5, 5.41) is 9.48. The molecule has 0 saturated carbocycles. The van der Waals surface area contributed by atoms with Crippen LogP contribution in [0.3, 0.4) is 0 Å². The van der Waals surface area contributed by atoms with E-state index >= 15 is 0 Å². The highest BCUT2D eigenvalue weighted by Crippen LogP contribution is 2.19.